The van der Waals surface area contributed by atoms with Gasteiger partial charge in [0.1, 0.15) is 36.5 Å². The molecule has 0 amide bonds. The molecular formula is C28H41FN2O10. The Morgan fingerprint density at radius 2 is 1.90 bits per heavy atom. The average Bonchev–Trinajstić information content (AvgIpc) is 3.24. The van der Waals surface area contributed by atoms with E-state index in [-0.39, 0.29) is 30.5 Å². The zero-order valence-corrected chi connectivity index (χ0v) is 24.1. The minimum absolute atomic E-state index is 0.00228. The fraction of sp³-hybridized carbons (Fsp3) is 0.643. The molecule has 4 N–H and O–H groups in total. The molecule has 0 saturated carbocycles. The third-order valence-corrected chi connectivity index (χ3v) is 6.93. The van der Waals surface area contributed by atoms with Crippen molar-refractivity contribution in [2.45, 2.75) is 96.2 Å². The quantitative estimate of drug-likeness (QED) is 0.156. The van der Waals surface area contributed by atoms with Crippen molar-refractivity contribution < 1.29 is 53.3 Å². The molecule has 1 aliphatic heterocycles. The molecule has 0 radical (unpaired) electrons. The minimum atomic E-state index is -2.91. The van der Waals surface area contributed by atoms with Crippen molar-refractivity contribution in [1.29, 1.82) is 0 Å². The lowest BCUT2D eigenvalue weighted by atomic mass is 9.97. The highest BCUT2D eigenvalue weighted by Gasteiger charge is 2.56. The van der Waals surface area contributed by atoms with Gasteiger partial charge in [-0.15, -0.1) is 5.10 Å². The van der Waals surface area contributed by atoms with Gasteiger partial charge in [0, 0.05) is 29.8 Å². The van der Waals surface area contributed by atoms with Gasteiger partial charge in [-0.3, -0.25) is 4.68 Å². The maximum Gasteiger partial charge on any atom is 0.508 e. The van der Waals surface area contributed by atoms with Gasteiger partial charge in [-0.1, -0.05) is 32.3 Å². The number of halogens is 1. The van der Waals surface area contributed by atoms with Crippen LogP contribution in [0.25, 0.3) is 0 Å². The summed E-state index contributed by atoms with van der Waals surface area (Å²) in [5.74, 6) is -3.30. The van der Waals surface area contributed by atoms with Crippen molar-refractivity contribution >= 4 is 6.16 Å². The van der Waals surface area contributed by atoms with E-state index >= 15 is 0 Å². The number of hydrogen-bond donors (Lipinski definition) is 4. The first-order valence-corrected chi connectivity index (χ1v) is 13.7. The summed E-state index contributed by atoms with van der Waals surface area (Å²) in [6, 6.07) is 4.22. The molecule has 1 aliphatic rings. The Labute approximate surface area is 238 Å². The predicted molar refractivity (Wildman–Crippen MR) is 143 cm³/mol. The van der Waals surface area contributed by atoms with Crippen molar-refractivity contribution in [1.82, 2.24) is 9.78 Å². The summed E-state index contributed by atoms with van der Waals surface area (Å²) >= 11 is 0. The standard InChI is InChI=1S/C28H41FN2O10/c1-6-7-8-9-12-38-27(35)39-15-22-23(32)24(33)25(34)28(36,40-22)41-26-20(17(4)31(30-26)16(2)3)13-18-10-11-19(37-5)14-21(18)29/h10-11,14,16,22-25,32-34,36H,6-9,12-13,15H2,1-5H3/t22-,23-,24+,25-,28-/m1/s1. The summed E-state index contributed by atoms with van der Waals surface area (Å²) < 4.78 is 42.6. The van der Waals surface area contributed by atoms with Crippen LogP contribution in [0.2, 0.25) is 0 Å². The van der Waals surface area contributed by atoms with Crippen molar-refractivity contribution in [3.8, 4) is 11.6 Å². The SMILES string of the molecule is CCCCCCOC(=O)OC[C@H]1O[C@@](O)(Oc2nn(C(C)C)c(C)c2Cc2ccc(OC)cc2F)[C@H](O)[C@@H](O)[C@@H]1O. The Hall–Kier alpha value is -2.97. The van der Waals surface area contributed by atoms with Gasteiger partial charge in [-0.05, 0) is 38.8 Å². The largest absolute Gasteiger partial charge is 0.508 e. The van der Waals surface area contributed by atoms with Gasteiger partial charge in [-0.2, -0.15) is 0 Å². The highest BCUT2D eigenvalue weighted by molar-refractivity contribution is 5.59. The number of ether oxygens (including phenoxy) is 5. The third-order valence-electron chi connectivity index (χ3n) is 6.93. The number of hydrogen-bond acceptors (Lipinski definition) is 11. The molecule has 5 atom stereocenters. The molecule has 1 fully saturated rings. The second kappa shape index (κ2) is 14.3. The third kappa shape index (κ3) is 7.86. The Morgan fingerprint density at radius 3 is 2.54 bits per heavy atom. The minimum Gasteiger partial charge on any atom is -0.497 e. The van der Waals surface area contributed by atoms with Crippen LogP contribution in [0.1, 0.15) is 69.3 Å². The highest BCUT2D eigenvalue weighted by atomic mass is 19.1. The molecule has 0 bridgehead atoms. The summed E-state index contributed by atoms with van der Waals surface area (Å²) in [6.45, 7) is 7.04. The smallest absolute Gasteiger partial charge is 0.497 e. The van der Waals surface area contributed by atoms with Crippen LogP contribution in [0.4, 0.5) is 9.18 Å². The molecule has 3 rings (SSSR count). The Balaban J connectivity index is 1.80. The summed E-state index contributed by atoms with van der Waals surface area (Å²) in [4.78, 5) is 12.0. The van der Waals surface area contributed by atoms with E-state index in [1.165, 1.54) is 13.2 Å². The van der Waals surface area contributed by atoms with E-state index in [0.29, 0.717) is 23.4 Å². The first kappa shape index (κ1) is 32.5. The van der Waals surface area contributed by atoms with Gasteiger partial charge in [0.2, 0.25) is 5.88 Å². The van der Waals surface area contributed by atoms with Gasteiger partial charge in [0.05, 0.1) is 13.7 Å². The number of methoxy groups -OCH3 is 1. The van der Waals surface area contributed by atoms with E-state index in [1.807, 2.05) is 13.8 Å². The van der Waals surface area contributed by atoms with Crippen LogP contribution < -0.4 is 9.47 Å². The van der Waals surface area contributed by atoms with Crippen molar-refractivity contribution in [3.05, 3.63) is 40.8 Å². The molecule has 1 saturated heterocycles. The van der Waals surface area contributed by atoms with Gasteiger partial charge in [0.15, 0.2) is 6.10 Å². The molecule has 0 unspecified atom stereocenters. The van der Waals surface area contributed by atoms with Crippen LogP contribution in [0, 0.1) is 12.7 Å². The average molecular weight is 585 g/mol. The monoisotopic (exact) mass is 584 g/mol. The van der Waals surface area contributed by atoms with Crippen molar-refractivity contribution in [2.24, 2.45) is 0 Å². The van der Waals surface area contributed by atoms with Crippen molar-refractivity contribution in [2.75, 3.05) is 20.3 Å². The molecule has 2 heterocycles. The summed E-state index contributed by atoms with van der Waals surface area (Å²) in [6.07, 6.45) is -4.76. The normalized spacial score (nSPS) is 24.4. The van der Waals surface area contributed by atoms with E-state index < -0.39 is 49.0 Å². The molecule has 0 spiro atoms. The number of nitrogens with zero attached hydrogens (tertiary/aromatic N) is 2. The lowest BCUT2D eigenvalue weighted by molar-refractivity contribution is -0.423. The Kier molecular flexibility index (Phi) is 11.3. The van der Waals surface area contributed by atoms with Crippen LogP contribution in [-0.4, -0.2) is 87.1 Å². The number of unbranched alkanes of at least 4 members (excludes halogenated alkanes) is 3. The van der Waals surface area contributed by atoms with E-state index in [9.17, 15) is 29.6 Å². The number of rotatable bonds is 13. The zero-order valence-electron chi connectivity index (χ0n) is 24.1. The maximum atomic E-state index is 14.8. The fourth-order valence-electron chi connectivity index (χ4n) is 4.51. The van der Waals surface area contributed by atoms with E-state index in [2.05, 4.69) is 12.0 Å². The second-order valence-corrected chi connectivity index (χ2v) is 10.3. The number of carbonyl (C=O) groups excluding carboxylic acids is 1. The Morgan fingerprint density at radius 1 is 1.17 bits per heavy atom. The van der Waals surface area contributed by atoms with Crippen molar-refractivity contribution in [3.63, 3.8) is 0 Å². The second-order valence-electron chi connectivity index (χ2n) is 10.3. The van der Waals surface area contributed by atoms with Gasteiger partial charge >= 0.3 is 12.1 Å². The number of aliphatic hydroxyl groups excluding tert-OH is 3. The van der Waals surface area contributed by atoms with Crippen LogP contribution in [0.5, 0.6) is 11.6 Å². The fourth-order valence-corrected chi connectivity index (χ4v) is 4.51. The van der Waals surface area contributed by atoms with Gasteiger partial charge < -0.3 is 44.1 Å². The molecule has 41 heavy (non-hydrogen) atoms. The summed E-state index contributed by atoms with van der Waals surface area (Å²) in [7, 11) is 1.43. The summed E-state index contributed by atoms with van der Waals surface area (Å²) in [5, 5.41) is 47.1. The molecule has 1 aromatic carbocycles. The number of carbonyl (C=O) groups is 1. The van der Waals surface area contributed by atoms with E-state index in [4.69, 9.17) is 23.7 Å². The molecule has 230 valence electrons. The number of aromatic nitrogens is 2. The van der Waals surface area contributed by atoms with Crippen LogP contribution in [0.15, 0.2) is 18.2 Å². The molecule has 2 aromatic rings. The predicted octanol–water partition coefficient (Wildman–Crippen LogP) is 2.75. The van der Waals surface area contributed by atoms with E-state index in [0.717, 1.165) is 19.3 Å². The molecular weight excluding hydrogens is 543 g/mol. The first-order chi connectivity index (χ1) is 19.4. The molecule has 13 heteroatoms. The molecule has 1 aromatic heterocycles. The van der Waals surface area contributed by atoms with Crippen LogP contribution in [0.3, 0.4) is 0 Å². The van der Waals surface area contributed by atoms with Gasteiger partial charge in [0.25, 0.3) is 0 Å². The van der Waals surface area contributed by atoms with Gasteiger partial charge in [-0.25, -0.2) is 9.18 Å². The molecule has 12 nitrogen and oxygen atoms in total. The first-order valence-electron chi connectivity index (χ1n) is 13.7. The topological polar surface area (TPSA) is 162 Å². The van der Waals surface area contributed by atoms with E-state index in [1.54, 1.807) is 23.7 Å². The number of benzene rings is 1. The highest BCUT2D eigenvalue weighted by Crippen LogP contribution is 2.35. The number of aliphatic hydroxyl groups is 4. The zero-order chi connectivity index (χ0) is 30.3. The summed E-state index contributed by atoms with van der Waals surface area (Å²) in [5.41, 5.74) is 1.27. The maximum absolute atomic E-state index is 14.8. The lowest BCUT2D eigenvalue weighted by Crippen LogP contribution is -2.67. The molecule has 0 aliphatic carbocycles. The Bertz CT molecular complexity index is 1160. The van der Waals surface area contributed by atoms with Crippen LogP contribution >= 0.6 is 0 Å². The lowest BCUT2D eigenvalue weighted by Gasteiger charge is -2.44. The van der Waals surface area contributed by atoms with Crippen LogP contribution in [-0.2, 0) is 20.6 Å².